The minimum atomic E-state index is -3.67. The summed E-state index contributed by atoms with van der Waals surface area (Å²) in [6.07, 6.45) is -0.0505. The maximum atomic E-state index is 12.7. The van der Waals surface area contributed by atoms with Crippen LogP contribution in [0.2, 0.25) is 5.02 Å². The van der Waals surface area contributed by atoms with Gasteiger partial charge in [0.1, 0.15) is 5.75 Å². The van der Waals surface area contributed by atoms with Crippen LogP contribution in [0.25, 0.3) is 0 Å². The Bertz CT molecular complexity index is 1060. The minimum absolute atomic E-state index is 0.213. The normalized spacial score (nSPS) is 15.8. The van der Waals surface area contributed by atoms with Gasteiger partial charge in [-0.05, 0) is 43.3 Å². The first kappa shape index (κ1) is 20.9. The molecule has 0 bridgehead atoms. The maximum Gasteiger partial charge on any atom is 0.338 e. The molecule has 1 atom stereocenters. The molecule has 0 fully saturated rings. The second-order valence-electron chi connectivity index (χ2n) is 6.30. The Labute approximate surface area is 173 Å². The van der Waals surface area contributed by atoms with Gasteiger partial charge in [0.05, 0.1) is 30.7 Å². The zero-order chi connectivity index (χ0) is 21.2. The summed E-state index contributed by atoms with van der Waals surface area (Å²) in [5, 5.41) is 2.99. The van der Waals surface area contributed by atoms with Crippen LogP contribution < -0.4 is 14.4 Å². The highest BCUT2D eigenvalue weighted by Gasteiger charge is 2.35. The summed E-state index contributed by atoms with van der Waals surface area (Å²) in [5.41, 5.74) is 0.914. The van der Waals surface area contributed by atoms with Crippen molar-refractivity contribution in [2.24, 2.45) is 0 Å². The third-order valence-electron chi connectivity index (χ3n) is 4.12. The Kier molecular flexibility index (Phi) is 5.99. The van der Waals surface area contributed by atoms with E-state index in [2.05, 4.69) is 5.32 Å². The van der Waals surface area contributed by atoms with Crippen LogP contribution >= 0.6 is 11.6 Å². The van der Waals surface area contributed by atoms with Gasteiger partial charge in [-0.15, -0.1) is 0 Å². The Morgan fingerprint density at radius 1 is 1.28 bits per heavy atom. The van der Waals surface area contributed by atoms with E-state index in [0.29, 0.717) is 10.7 Å². The van der Waals surface area contributed by atoms with Crippen LogP contribution in [0.3, 0.4) is 0 Å². The SMILES string of the molecule is CCOC(=O)c1cccc(NC(=O)[C@H]2CN(S(C)(=O)=O)c3cc(Cl)ccc3O2)c1. The van der Waals surface area contributed by atoms with Crippen LogP contribution in [0.15, 0.2) is 42.5 Å². The highest BCUT2D eigenvalue weighted by molar-refractivity contribution is 7.92. The minimum Gasteiger partial charge on any atom is -0.476 e. The van der Waals surface area contributed by atoms with Crippen molar-refractivity contribution in [3.63, 3.8) is 0 Å². The van der Waals surface area contributed by atoms with Crippen LogP contribution in [0, 0.1) is 0 Å². The molecule has 8 nitrogen and oxygen atoms in total. The van der Waals surface area contributed by atoms with E-state index in [1.54, 1.807) is 31.2 Å². The average molecular weight is 439 g/mol. The number of anilines is 2. The van der Waals surface area contributed by atoms with Gasteiger partial charge in [-0.1, -0.05) is 17.7 Å². The first-order chi connectivity index (χ1) is 13.7. The molecule has 29 heavy (non-hydrogen) atoms. The third kappa shape index (κ3) is 4.80. The van der Waals surface area contributed by atoms with Crippen molar-refractivity contribution >= 4 is 44.9 Å². The zero-order valence-corrected chi connectivity index (χ0v) is 17.3. The van der Waals surface area contributed by atoms with Gasteiger partial charge in [-0.2, -0.15) is 0 Å². The highest BCUT2D eigenvalue weighted by atomic mass is 35.5. The lowest BCUT2D eigenvalue weighted by atomic mass is 10.2. The Morgan fingerprint density at radius 2 is 2.03 bits per heavy atom. The molecule has 1 N–H and O–H groups in total. The standard InChI is InChI=1S/C19H19ClN2O6S/c1-3-27-19(24)12-5-4-6-14(9-12)21-18(23)17-11-22(29(2,25)26)15-10-13(20)7-8-16(15)28-17/h4-10,17H,3,11H2,1-2H3,(H,21,23)/t17-/m1/s1. The largest absolute Gasteiger partial charge is 0.476 e. The number of amides is 1. The van der Waals surface area contributed by atoms with Crippen molar-refractivity contribution in [2.75, 3.05) is 29.0 Å². The first-order valence-corrected chi connectivity index (χ1v) is 10.9. The number of benzene rings is 2. The van der Waals surface area contributed by atoms with Gasteiger partial charge in [0.25, 0.3) is 5.91 Å². The average Bonchev–Trinajstić information content (AvgIpc) is 2.66. The fourth-order valence-electron chi connectivity index (χ4n) is 2.84. The van der Waals surface area contributed by atoms with Crippen LogP contribution in [-0.2, 0) is 19.6 Å². The summed E-state index contributed by atoms with van der Waals surface area (Å²) in [4.78, 5) is 24.6. The second-order valence-corrected chi connectivity index (χ2v) is 8.65. The van der Waals surface area contributed by atoms with Crippen LogP contribution in [0.1, 0.15) is 17.3 Å². The number of nitrogens with zero attached hydrogens (tertiary/aromatic N) is 1. The van der Waals surface area contributed by atoms with E-state index in [0.717, 1.165) is 10.6 Å². The number of sulfonamides is 1. The smallest absolute Gasteiger partial charge is 0.338 e. The molecule has 0 aromatic heterocycles. The Hall–Kier alpha value is -2.78. The number of hydrogen-bond donors (Lipinski definition) is 1. The number of esters is 1. The molecule has 1 aliphatic rings. The molecule has 0 spiro atoms. The van der Waals surface area contributed by atoms with Crippen molar-refractivity contribution < 1.29 is 27.5 Å². The number of carbonyl (C=O) groups is 2. The molecule has 0 radical (unpaired) electrons. The van der Waals surface area contributed by atoms with Crippen LogP contribution in [0.5, 0.6) is 5.75 Å². The fraction of sp³-hybridized carbons (Fsp3) is 0.263. The van der Waals surface area contributed by atoms with E-state index in [1.165, 1.54) is 18.2 Å². The molecule has 0 saturated heterocycles. The number of hydrogen-bond acceptors (Lipinski definition) is 6. The summed E-state index contributed by atoms with van der Waals surface area (Å²) in [6.45, 7) is 1.72. The summed E-state index contributed by atoms with van der Waals surface area (Å²) in [5.74, 6) is -0.835. The van der Waals surface area contributed by atoms with Gasteiger partial charge in [-0.25, -0.2) is 13.2 Å². The number of nitrogens with one attached hydrogen (secondary N) is 1. The molecule has 1 aliphatic heterocycles. The van der Waals surface area contributed by atoms with Crippen molar-refractivity contribution in [1.29, 1.82) is 0 Å². The van der Waals surface area contributed by atoms with E-state index >= 15 is 0 Å². The summed E-state index contributed by atoms with van der Waals surface area (Å²) < 4.78 is 36.1. The van der Waals surface area contributed by atoms with Gasteiger partial charge >= 0.3 is 5.97 Å². The van der Waals surface area contributed by atoms with Gasteiger partial charge in [-0.3, -0.25) is 9.10 Å². The van der Waals surface area contributed by atoms with E-state index < -0.39 is 28.0 Å². The lowest BCUT2D eigenvalue weighted by Crippen LogP contribution is -2.48. The summed E-state index contributed by atoms with van der Waals surface area (Å²) in [6, 6.07) is 10.8. The molecule has 0 saturated carbocycles. The van der Waals surface area contributed by atoms with Crippen molar-refractivity contribution in [2.45, 2.75) is 13.0 Å². The third-order valence-corrected chi connectivity index (χ3v) is 5.51. The van der Waals surface area contributed by atoms with Crippen molar-refractivity contribution in [3.05, 3.63) is 53.1 Å². The van der Waals surface area contributed by atoms with Crippen molar-refractivity contribution in [1.82, 2.24) is 0 Å². The number of ether oxygens (including phenoxy) is 2. The fourth-order valence-corrected chi connectivity index (χ4v) is 3.91. The first-order valence-electron chi connectivity index (χ1n) is 8.71. The molecule has 2 aromatic rings. The molecule has 10 heteroatoms. The van der Waals surface area contributed by atoms with E-state index in [1.807, 2.05) is 0 Å². The Morgan fingerprint density at radius 3 is 2.72 bits per heavy atom. The van der Waals surface area contributed by atoms with Gasteiger partial charge in [0.2, 0.25) is 10.0 Å². The quantitative estimate of drug-likeness (QED) is 0.720. The summed E-state index contributed by atoms with van der Waals surface area (Å²) >= 11 is 5.97. The number of halogens is 1. The zero-order valence-electron chi connectivity index (χ0n) is 15.7. The number of carbonyl (C=O) groups excluding carboxylic acids is 2. The molecule has 0 aliphatic carbocycles. The topological polar surface area (TPSA) is 102 Å². The molecule has 154 valence electrons. The molecule has 1 amide bonds. The summed E-state index contributed by atoms with van der Waals surface area (Å²) in [7, 11) is -3.67. The maximum absolute atomic E-state index is 12.7. The lowest BCUT2D eigenvalue weighted by molar-refractivity contribution is -0.122. The van der Waals surface area contributed by atoms with E-state index in [9.17, 15) is 18.0 Å². The van der Waals surface area contributed by atoms with Gasteiger partial charge < -0.3 is 14.8 Å². The number of fused-ring (bicyclic) bond motifs is 1. The lowest BCUT2D eigenvalue weighted by Gasteiger charge is -2.34. The predicted molar refractivity (Wildman–Crippen MR) is 109 cm³/mol. The van der Waals surface area contributed by atoms with Crippen molar-refractivity contribution in [3.8, 4) is 5.75 Å². The molecule has 2 aromatic carbocycles. The molecule has 1 heterocycles. The number of rotatable bonds is 5. The van der Waals surface area contributed by atoms with E-state index in [-0.39, 0.29) is 30.2 Å². The van der Waals surface area contributed by atoms with Gasteiger partial charge in [0, 0.05) is 10.7 Å². The monoisotopic (exact) mass is 438 g/mol. The Balaban J connectivity index is 1.82. The molecular weight excluding hydrogens is 420 g/mol. The van der Waals surface area contributed by atoms with E-state index in [4.69, 9.17) is 21.1 Å². The van der Waals surface area contributed by atoms with Gasteiger partial charge in [0.15, 0.2) is 6.10 Å². The molecular formula is C19H19ClN2O6S. The second kappa shape index (κ2) is 8.30. The predicted octanol–water partition coefficient (Wildman–Crippen LogP) is 2.68. The van der Waals surface area contributed by atoms with Crippen LogP contribution in [0.4, 0.5) is 11.4 Å². The molecule has 3 rings (SSSR count). The van der Waals surface area contributed by atoms with Crippen LogP contribution in [-0.4, -0.2) is 45.8 Å². The molecule has 0 unspecified atom stereocenters. The highest BCUT2D eigenvalue weighted by Crippen LogP contribution is 2.37.